The third kappa shape index (κ3) is 2.99. The standard InChI is InChI=1S/C22H20FN5O/c1-22(2)18-12-15(8-9-17(18)20(29)26-22)24-21-25-19-16(7-4-10-28(19)27-21)13-5-3-6-14(23)11-13/h4-5,7-12H,3,6H2,1-2H3,(H,24,27)(H,26,29). The van der Waals surface area contributed by atoms with E-state index in [-0.39, 0.29) is 11.7 Å². The van der Waals surface area contributed by atoms with Gasteiger partial charge in [-0.1, -0.05) is 6.08 Å². The van der Waals surface area contributed by atoms with Crippen LogP contribution in [0.25, 0.3) is 11.2 Å². The lowest BCUT2D eigenvalue weighted by Crippen LogP contribution is -2.32. The Hall–Kier alpha value is -3.48. The number of allylic oxidation sites excluding steroid dienone is 4. The van der Waals surface area contributed by atoms with Gasteiger partial charge >= 0.3 is 0 Å². The molecule has 2 N–H and O–H groups in total. The van der Waals surface area contributed by atoms with Gasteiger partial charge < -0.3 is 10.6 Å². The molecular weight excluding hydrogens is 369 g/mol. The van der Waals surface area contributed by atoms with Gasteiger partial charge in [0.2, 0.25) is 5.95 Å². The molecule has 2 aliphatic rings. The van der Waals surface area contributed by atoms with Gasteiger partial charge in [0, 0.05) is 29.4 Å². The van der Waals surface area contributed by atoms with E-state index in [1.165, 1.54) is 0 Å². The van der Waals surface area contributed by atoms with Gasteiger partial charge in [0.25, 0.3) is 5.91 Å². The summed E-state index contributed by atoms with van der Waals surface area (Å²) in [6, 6.07) is 9.39. The molecule has 0 radical (unpaired) electrons. The minimum atomic E-state index is -0.423. The van der Waals surface area contributed by atoms with E-state index < -0.39 is 5.54 Å². The Labute approximate surface area is 167 Å². The summed E-state index contributed by atoms with van der Waals surface area (Å²) < 4.78 is 15.4. The van der Waals surface area contributed by atoms with E-state index in [1.807, 2.05) is 56.5 Å². The second-order valence-electron chi connectivity index (χ2n) is 7.88. The van der Waals surface area contributed by atoms with Crippen LogP contribution >= 0.6 is 0 Å². The summed E-state index contributed by atoms with van der Waals surface area (Å²) in [5, 5.41) is 10.7. The first-order chi connectivity index (χ1) is 13.9. The molecule has 0 unspecified atom stereocenters. The zero-order chi connectivity index (χ0) is 20.2. The minimum Gasteiger partial charge on any atom is -0.343 e. The number of nitrogens with zero attached hydrogens (tertiary/aromatic N) is 3. The molecule has 0 spiro atoms. The van der Waals surface area contributed by atoms with Crippen molar-refractivity contribution in [2.45, 2.75) is 32.2 Å². The highest BCUT2D eigenvalue weighted by Gasteiger charge is 2.35. The first-order valence-corrected chi connectivity index (χ1v) is 9.57. The minimum absolute atomic E-state index is 0.0620. The molecule has 0 saturated carbocycles. The lowest BCUT2D eigenvalue weighted by molar-refractivity contribution is 0.0940. The van der Waals surface area contributed by atoms with Crippen LogP contribution in [-0.2, 0) is 5.54 Å². The highest BCUT2D eigenvalue weighted by atomic mass is 19.1. The van der Waals surface area contributed by atoms with Gasteiger partial charge in [-0.2, -0.15) is 4.98 Å². The second kappa shape index (κ2) is 6.27. The molecule has 3 heterocycles. The topological polar surface area (TPSA) is 71.3 Å². The Bertz CT molecular complexity index is 1220. The molecule has 6 nitrogen and oxygen atoms in total. The Morgan fingerprint density at radius 3 is 2.93 bits per heavy atom. The molecule has 7 heteroatoms. The normalized spacial score (nSPS) is 17.6. The second-order valence-corrected chi connectivity index (χ2v) is 7.88. The largest absolute Gasteiger partial charge is 0.343 e. The number of fused-ring (bicyclic) bond motifs is 2. The molecule has 1 amide bonds. The quantitative estimate of drug-likeness (QED) is 0.693. The number of aromatic nitrogens is 3. The molecule has 1 aliphatic heterocycles. The summed E-state index contributed by atoms with van der Waals surface area (Å²) in [6.07, 6.45) is 6.52. The van der Waals surface area contributed by atoms with Crippen LogP contribution in [0.3, 0.4) is 0 Å². The number of halogens is 1. The lowest BCUT2D eigenvalue weighted by Gasteiger charge is -2.19. The van der Waals surface area contributed by atoms with Crippen molar-refractivity contribution in [1.82, 2.24) is 19.9 Å². The smallest absolute Gasteiger partial charge is 0.252 e. The van der Waals surface area contributed by atoms with Crippen LogP contribution in [-0.4, -0.2) is 20.5 Å². The molecule has 3 aromatic rings. The Morgan fingerprint density at radius 2 is 2.10 bits per heavy atom. The van der Waals surface area contributed by atoms with Gasteiger partial charge in [-0.25, -0.2) is 8.91 Å². The third-order valence-electron chi connectivity index (χ3n) is 5.35. The van der Waals surface area contributed by atoms with Crippen molar-refractivity contribution in [3.63, 3.8) is 0 Å². The number of hydrogen-bond donors (Lipinski definition) is 2. The molecule has 0 bridgehead atoms. The number of hydrogen-bond acceptors (Lipinski definition) is 4. The van der Waals surface area contributed by atoms with Crippen LogP contribution in [0.15, 0.2) is 54.5 Å². The molecule has 1 aliphatic carbocycles. The number of carbonyl (C=O) groups excluding carboxylic acids is 1. The summed E-state index contributed by atoms with van der Waals surface area (Å²) in [5.41, 5.74) is 4.32. The van der Waals surface area contributed by atoms with Gasteiger partial charge in [0.1, 0.15) is 5.83 Å². The van der Waals surface area contributed by atoms with Crippen molar-refractivity contribution in [3.05, 3.63) is 71.2 Å². The predicted octanol–water partition coefficient (Wildman–Crippen LogP) is 4.48. The van der Waals surface area contributed by atoms with Crippen LogP contribution in [0.1, 0.15) is 48.2 Å². The summed E-state index contributed by atoms with van der Waals surface area (Å²) in [7, 11) is 0. The average Bonchev–Trinajstić information content (AvgIpc) is 3.19. The number of anilines is 2. The van der Waals surface area contributed by atoms with Crippen molar-refractivity contribution >= 4 is 28.8 Å². The molecular formula is C22H20FN5O. The maximum absolute atomic E-state index is 13.7. The van der Waals surface area contributed by atoms with Crippen LogP contribution in [0.4, 0.5) is 16.0 Å². The van der Waals surface area contributed by atoms with Crippen LogP contribution in [0.5, 0.6) is 0 Å². The van der Waals surface area contributed by atoms with E-state index in [0.29, 0.717) is 30.0 Å². The fraction of sp³-hybridized carbons (Fsp3) is 0.227. The number of carbonyl (C=O) groups is 1. The molecule has 2 aromatic heterocycles. The first kappa shape index (κ1) is 17.6. The zero-order valence-electron chi connectivity index (χ0n) is 16.2. The molecule has 29 heavy (non-hydrogen) atoms. The fourth-order valence-corrected chi connectivity index (χ4v) is 3.92. The molecule has 0 saturated heterocycles. The Balaban J connectivity index is 1.51. The molecule has 0 atom stereocenters. The summed E-state index contributed by atoms with van der Waals surface area (Å²) >= 11 is 0. The third-order valence-corrected chi connectivity index (χ3v) is 5.35. The highest BCUT2D eigenvalue weighted by molar-refractivity contribution is 6.00. The molecule has 5 rings (SSSR count). The van der Waals surface area contributed by atoms with E-state index >= 15 is 0 Å². The first-order valence-electron chi connectivity index (χ1n) is 9.57. The number of amides is 1. The van der Waals surface area contributed by atoms with Gasteiger partial charge in [0.05, 0.1) is 5.54 Å². The predicted molar refractivity (Wildman–Crippen MR) is 110 cm³/mol. The summed E-state index contributed by atoms with van der Waals surface area (Å²) in [4.78, 5) is 16.7. The number of benzene rings is 1. The van der Waals surface area contributed by atoms with Crippen molar-refractivity contribution in [3.8, 4) is 0 Å². The van der Waals surface area contributed by atoms with Crippen molar-refractivity contribution < 1.29 is 9.18 Å². The van der Waals surface area contributed by atoms with E-state index in [9.17, 15) is 9.18 Å². The maximum Gasteiger partial charge on any atom is 0.252 e. The summed E-state index contributed by atoms with van der Waals surface area (Å²) in [6.45, 7) is 3.95. The fourth-order valence-electron chi connectivity index (χ4n) is 3.92. The van der Waals surface area contributed by atoms with Crippen molar-refractivity contribution in [2.24, 2.45) is 0 Å². The van der Waals surface area contributed by atoms with Crippen LogP contribution in [0, 0.1) is 0 Å². The maximum atomic E-state index is 13.7. The van der Waals surface area contributed by atoms with E-state index in [1.54, 1.807) is 10.6 Å². The van der Waals surface area contributed by atoms with E-state index in [4.69, 9.17) is 0 Å². The van der Waals surface area contributed by atoms with Gasteiger partial charge in [-0.3, -0.25) is 4.79 Å². The molecule has 146 valence electrons. The van der Waals surface area contributed by atoms with E-state index in [2.05, 4.69) is 20.7 Å². The van der Waals surface area contributed by atoms with Gasteiger partial charge in [0.15, 0.2) is 5.65 Å². The van der Waals surface area contributed by atoms with Crippen LogP contribution < -0.4 is 10.6 Å². The Kier molecular flexibility index (Phi) is 3.81. The van der Waals surface area contributed by atoms with Crippen LogP contribution in [0.2, 0.25) is 0 Å². The van der Waals surface area contributed by atoms with Crippen molar-refractivity contribution in [2.75, 3.05) is 5.32 Å². The highest BCUT2D eigenvalue weighted by Crippen LogP contribution is 2.33. The van der Waals surface area contributed by atoms with Gasteiger partial charge in [-0.05, 0) is 67.8 Å². The monoisotopic (exact) mass is 389 g/mol. The Morgan fingerprint density at radius 1 is 1.24 bits per heavy atom. The molecule has 1 aromatic carbocycles. The molecule has 0 fully saturated rings. The summed E-state index contributed by atoms with van der Waals surface area (Å²) in [5.74, 6) is 0.257. The van der Waals surface area contributed by atoms with E-state index in [0.717, 1.165) is 22.4 Å². The zero-order valence-corrected chi connectivity index (χ0v) is 16.2. The SMILES string of the molecule is CC1(C)NC(=O)c2ccc(Nc3nc4c(C5=CCCC(F)=C5)cccn4n3)cc21. The number of rotatable bonds is 3. The number of nitrogens with one attached hydrogen (secondary N) is 2. The lowest BCUT2D eigenvalue weighted by atomic mass is 9.94. The average molecular weight is 389 g/mol. The van der Waals surface area contributed by atoms with Crippen molar-refractivity contribution in [1.29, 1.82) is 0 Å². The number of pyridine rings is 1. The van der Waals surface area contributed by atoms with Gasteiger partial charge in [-0.15, -0.1) is 5.10 Å².